The first-order valence-electron chi connectivity index (χ1n) is 4.25. The summed E-state index contributed by atoms with van der Waals surface area (Å²) in [6.07, 6.45) is 0. The van der Waals surface area contributed by atoms with Crippen molar-refractivity contribution in [2.24, 2.45) is 0 Å². The first kappa shape index (κ1) is 12.8. The van der Waals surface area contributed by atoms with Crippen LogP contribution in [0.15, 0.2) is 12.1 Å². The third kappa shape index (κ3) is 2.64. The Labute approximate surface area is 88.0 Å². The fraction of sp³-hybridized carbons (Fsp3) is 0.300. The van der Waals surface area contributed by atoms with Gasteiger partial charge in [-0.25, -0.2) is 0 Å². The minimum atomic E-state index is -0.454. The van der Waals surface area contributed by atoms with Gasteiger partial charge in [-0.1, -0.05) is 25.4 Å². The first-order valence-corrected chi connectivity index (χ1v) is 4.63. The summed E-state index contributed by atoms with van der Waals surface area (Å²) >= 11 is 5.56. The van der Waals surface area contributed by atoms with Crippen LogP contribution in [-0.2, 0) is 0 Å². The molecule has 0 aliphatic rings. The summed E-state index contributed by atoms with van der Waals surface area (Å²) in [6.45, 7) is 5.33. The van der Waals surface area contributed by atoms with Crippen LogP contribution in [-0.4, -0.2) is 16.0 Å². The van der Waals surface area contributed by atoms with Gasteiger partial charge < -0.3 is 10.2 Å². The lowest BCUT2D eigenvalue weighted by Gasteiger charge is -2.03. The molecule has 4 heteroatoms. The van der Waals surface area contributed by atoms with E-state index in [0.29, 0.717) is 0 Å². The van der Waals surface area contributed by atoms with Gasteiger partial charge in [0.25, 0.3) is 0 Å². The van der Waals surface area contributed by atoms with E-state index in [1.165, 1.54) is 19.1 Å². The minimum Gasteiger partial charge on any atom is -0.504 e. The summed E-state index contributed by atoms with van der Waals surface area (Å²) in [5.41, 5.74) is 0.201. The van der Waals surface area contributed by atoms with Gasteiger partial charge in [0.2, 0.25) is 0 Å². The van der Waals surface area contributed by atoms with Crippen LogP contribution in [0.1, 0.15) is 31.1 Å². The quantitative estimate of drug-likeness (QED) is 0.561. The fourth-order valence-electron chi connectivity index (χ4n) is 0.826. The van der Waals surface area contributed by atoms with E-state index in [2.05, 4.69) is 0 Å². The lowest BCUT2D eigenvalue weighted by Crippen LogP contribution is -1.92. The minimum absolute atomic E-state index is 0.109. The Hall–Kier alpha value is -1.22. The Kier molecular flexibility index (Phi) is 5.02. The molecule has 0 saturated carbocycles. The molecule has 0 amide bonds. The van der Waals surface area contributed by atoms with Crippen LogP contribution < -0.4 is 0 Å². The average Bonchev–Trinajstić information content (AvgIpc) is 2.17. The Morgan fingerprint density at radius 1 is 1.29 bits per heavy atom. The number of halogens is 1. The molecule has 0 bridgehead atoms. The van der Waals surface area contributed by atoms with E-state index in [1.54, 1.807) is 0 Å². The molecule has 1 rings (SSSR count). The van der Waals surface area contributed by atoms with Crippen molar-refractivity contribution in [3.63, 3.8) is 0 Å². The smallest absolute Gasteiger partial charge is 0.177 e. The van der Waals surface area contributed by atoms with Gasteiger partial charge in [0.1, 0.15) is 0 Å². The van der Waals surface area contributed by atoms with E-state index in [-0.39, 0.29) is 22.1 Å². The van der Waals surface area contributed by atoms with Crippen molar-refractivity contribution in [2.75, 3.05) is 0 Å². The van der Waals surface area contributed by atoms with Crippen molar-refractivity contribution in [2.45, 2.75) is 20.8 Å². The maximum absolute atomic E-state index is 10.9. The van der Waals surface area contributed by atoms with Crippen LogP contribution >= 0.6 is 11.6 Å². The SMILES string of the molecule is CC.CC(=O)c1ccc(O)c(O)c1Cl. The fourth-order valence-corrected chi connectivity index (χ4v) is 1.12. The monoisotopic (exact) mass is 216 g/mol. The van der Waals surface area contributed by atoms with Crippen molar-refractivity contribution < 1.29 is 15.0 Å². The maximum Gasteiger partial charge on any atom is 0.177 e. The zero-order valence-electron chi connectivity index (χ0n) is 8.34. The Morgan fingerprint density at radius 2 is 1.79 bits per heavy atom. The number of hydrogen-bond acceptors (Lipinski definition) is 3. The van der Waals surface area contributed by atoms with E-state index in [4.69, 9.17) is 21.8 Å². The summed E-state index contributed by atoms with van der Waals surface area (Å²) in [5, 5.41) is 18.0. The summed E-state index contributed by atoms with van der Waals surface area (Å²) in [7, 11) is 0. The Bertz CT molecular complexity index is 334. The standard InChI is InChI=1S/C8H7ClO3.C2H6/c1-4(10)5-2-3-6(11)8(12)7(5)9;1-2/h2-3,11-12H,1H3;1-2H3. The molecule has 0 spiro atoms. The molecule has 1 aromatic rings. The van der Waals surface area contributed by atoms with Crippen molar-refractivity contribution in [3.8, 4) is 11.5 Å². The molecule has 1 aromatic carbocycles. The zero-order valence-corrected chi connectivity index (χ0v) is 9.09. The zero-order chi connectivity index (χ0) is 11.3. The third-order valence-electron chi connectivity index (χ3n) is 1.47. The highest BCUT2D eigenvalue weighted by atomic mass is 35.5. The van der Waals surface area contributed by atoms with Crippen LogP contribution in [0.2, 0.25) is 5.02 Å². The summed E-state index contributed by atoms with van der Waals surface area (Å²) < 4.78 is 0. The molecular formula is C10H13ClO3. The number of carbonyl (C=O) groups excluding carboxylic acids is 1. The van der Waals surface area contributed by atoms with Gasteiger partial charge in [0.15, 0.2) is 17.3 Å². The number of rotatable bonds is 1. The topological polar surface area (TPSA) is 57.5 Å². The van der Waals surface area contributed by atoms with Crippen molar-refractivity contribution in [1.82, 2.24) is 0 Å². The van der Waals surface area contributed by atoms with E-state index < -0.39 is 5.75 Å². The summed E-state index contributed by atoms with van der Waals surface area (Å²) in [6, 6.07) is 2.58. The largest absolute Gasteiger partial charge is 0.504 e. The third-order valence-corrected chi connectivity index (χ3v) is 1.86. The van der Waals surface area contributed by atoms with Crippen LogP contribution in [0.3, 0.4) is 0 Å². The highest BCUT2D eigenvalue weighted by Crippen LogP contribution is 2.35. The van der Waals surface area contributed by atoms with E-state index >= 15 is 0 Å². The molecule has 2 N–H and O–H groups in total. The molecule has 0 heterocycles. The van der Waals surface area contributed by atoms with Gasteiger partial charge in [-0.2, -0.15) is 0 Å². The number of phenolic OH excluding ortho intramolecular Hbond substituents is 2. The van der Waals surface area contributed by atoms with Crippen LogP contribution in [0.25, 0.3) is 0 Å². The van der Waals surface area contributed by atoms with Gasteiger partial charge in [-0.15, -0.1) is 0 Å². The number of Topliss-reactive ketones (excluding diaryl/α,β-unsaturated/α-hetero) is 1. The average molecular weight is 217 g/mol. The molecule has 78 valence electrons. The molecule has 0 aliphatic carbocycles. The summed E-state index contributed by atoms with van der Waals surface area (Å²) in [4.78, 5) is 10.9. The second-order valence-electron chi connectivity index (χ2n) is 2.35. The van der Waals surface area contributed by atoms with E-state index in [9.17, 15) is 4.79 Å². The van der Waals surface area contributed by atoms with Crippen molar-refractivity contribution in [3.05, 3.63) is 22.7 Å². The molecule has 0 radical (unpaired) electrons. The molecule has 0 saturated heterocycles. The number of benzene rings is 1. The second-order valence-corrected chi connectivity index (χ2v) is 2.73. The lowest BCUT2D eigenvalue weighted by molar-refractivity contribution is 0.101. The van der Waals surface area contributed by atoms with Gasteiger partial charge in [0, 0.05) is 5.56 Å². The number of ketones is 1. The highest BCUT2D eigenvalue weighted by molar-refractivity contribution is 6.35. The molecule has 0 aromatic heterocycles. The van der Waals surface area contributed by atoms with Crippen LogP contribution in [0.4, 0.5) is 0 Å². The predicted octanol–water partition coefficient (Wildman–Crippen LogP) is 2.98. The highest BCUT2D eigenvalue weighted by Gasteiger charge is 2.12. The van der Waals surface area contributed by atoms with Crippen LogP contribution in [0, 0.1) is 0 Å². The molecule has 3 nitrogen and oxygen atoms in total. The number of aromatic hydroxyl groups is 2. The number of hydrogen-bond donors (Lipinski definition) is 2. The lowest BCUT2D eigenvalue weighted by atomic mass is 10.1. The number of carbonyl (C=O) groups is 1. The Balaban J connectivity index is 0.000000791. The van der Waals surface area contributed by atoms with Crippen LogP contribution in [0.5, 0.6) is 11.5 Å². The van der Waals surface area contributed by atoms with Gasteiger partial charge >= 0.3 is 0 Å². The second kappa shape index (κ2) is 5.50. The van der Waals surface area contributed by atoms with Gasteiger partial charge in [-0.3, -0.25) is 4.79 Å². The molecule has 14 heavy (non-hydrogen) atoms. The number of phenols is 2. The molecule has 0 unspecified atom stereocenters. The van der Waals surface area contributed by atoms with E-state index in [1.807, 2.05) is 13.8 Å². The normalized spacial score (nSPS) is 8.86. The molecule has 0 fully saturated rings. The summed E-state index contributed by atoms with van der Waals surface area (Å²) in [5.74, 6) is -1.04. The van der Waals surface area contributed by atoms with Gasteiger partial charge in [-0.05, 0) is 19.1 Å². The van der Waals surface area contributed by atoms with Gasteiger partial charge in [0.05, 0.1) is 5.02 Å². The molecule has 0 atom stereocenters. The molecule has 0 aliphatic heterocycles. The predicted molar refractivity (Wildman–Crippen MR) is 56.1 cm³/mol. The van der Waals surface area contributed by atoms with Crippen molar-refractivity contribution in [1.29, 1.82) is 0 Å². The van der Waals surface area contributed by atoms with E-state index in [0.717, 1.165) is 0 Å². The van der Waals surface area contributed by atoms with Crippen molar-refractivity contribution >= 4 is 17.4 Å². The Morgan fingerprint density at radius 3 is 2.21 bits per heavy atom. The maximum atomic E-state index is 10.9. The molecular weight excluding hydrogens is 204 g/mol. The first-order chi connectivity index (χ1) is 6.54.